The molecule has 0 aromatic heterocycles. The largest absolute Gasteiger partial charge is 0.352 e. The van der Waals surface area contributed by atoms with Gasteiger partial charge in [0.2, 0.25) is 11.8 Å². The fraction of sp³-hybridized carbons (Fsp3) is 0.406. The van der Waals surface area contributed by atoms with Crippen LogP contribution >= 0.6 is 11.6 Å². The van der Waals surface area contributed by atoms with Gasteiger partial charge in [0.25, 0.3) is 5.91 Å². The van der Waals surface area contributed by atoms with Gasteiger partial charge in [0.1, 0.15) is 6.04 Å². The van der Waals surface area contributed by atoms with Crippen molar-refractivity contribution < 1.29 is 14.4 Å². The molecular weight excluding hydrogens is 510 g/mol. The van der Waals surface area contributed by atoms with E-state index in [0.29, 0.717) is 36.5 Å². The van der Waals surface area contributed by atoms with E-state index in [4.69, 9.17) is 11.6 Å². The summed E-state index contributed by atoms with van der Waals surface area (Å²) >= 11 is 6.09. The van der Waals surface area contributed by atoms with Gasteiger partial charge in [0.05, 0.1) is 5.69 Å². The molecule has 3 amide bonds. The molecule has 1 atom stereocenters. The second-order valence-electron chi connectivity index (χ2n) is 10.7. The lowest BCUT2D eigenvalue weighted by Crippen LogP contribution is -2.51. The van der Waals surface area contributed by atoms with Crippen molar-refractivity contribution in [3.8, 4) is 0 Å². The first-order valence-electron chi connectivity index (χ1n) is 14.1. The third-order valence-electron chi connectivity index (χ3n) is 8.03. The molecule has 0 spiro atoms. The van der Waals surface area contributed by atoms with Crippen LogP contribution in [0, 0.1) is 0 Å². The number of amides is 3. The lowest BCUT2D eigenvalue weighted by molar-refractivity contribution is -0.141. The maximum absolute atomic E-state index is 13.7. The van der Waals surface area contributed by atoms with Crippen LogP contribution in [0.15, 0.2) is 60.7 Å². The van der Waals surface area contributed by atoms with E-state index in [2.05, 4.69) is 5.32 Å². The van der Waals surface area contributed by atoms with Crippen molar-refractivity contribution in [3.63, 3.8) is 0 Å². The SMILES string of the molecule is CCC(C(=O)NC1CCCCC1)N(Cc1ccc(Cl)cc1)C(=O)CCCN1C(=O)c2cccc3cccc1c23. The Morgan fingerprint density at radius 1 is 1.03 bits per heavy atom. The van der Waals surface area contributed by atoms with Gasteiger partial charge in [-0.3, -0.25) is 14.4 Å². The molecule has 7 heteroatoms. The summed E-state index contributed by atoms with van der Waals surface area (Å²) in [5.41, 5.74) is 2.54. The van der Waals surface area contributed by atoms with Gasteiger partial charge in [-0.2, -0.15) is 0 Å². The summed E-state index contributed by atoms with van der Waals surface area (Å²) in [6.45, 7) is 2.73. The normalized spacial score (nSPS) is 15.9. The van der Waals surface area contributed by atoms with Gasteiger partial charge >= 0.3 is 0 Å². The van der Waals surface area contributed by atoms with Gasteiger partial charge in [-0.15, -0.1) is 0 Å². The molecule has 1 N–H and O–H groups in total. The number of halogens is 1. The fourth-order valence-electron chi connectivity index (χ4n) is 5.98. The van der Waals surface area contributed by atoms with E-state index >= 15 is 0 Å². The molecule has 3 aromatic rings. The monoisotopic (exact) mass is 545 g/mol. The summed E-state index contributed by atoms with van der Waals surface area (Å²) in [5.74, 6) is -0.188. The summed E-state index contributed by atoms with van der Waals surface area (Å²) in [6, 6.07) is 18.8. The summed E-state index contributed by atoms with van der Waals surface area (Å²) in [5, 5.41) is 5.87. The maximum Gasteiger partial charge on any atom is 0.258 e. The Bertz CT molecular complexity index is 1350. The summed E-state index contributed by atoms with van der Waals surface area (Å²) < 4.78 is 0. The highest BCUT2D eigenvalue weighted by Gasteiger charge is 2.32. The van der Waals surface area contributed by atoms with E-state index in [-0.39, 0.29) is 30.2 Å². The molecule has 0 radical (unpaired) electrons. The van der Waals surface area contributed by atoms with Gasteiger partial charge in [0.15, 0.2) is 0 Å². The summed E-state index contributed by atoms with van der Waals surface area (Å²) in [4.78, 5) is 43.7. The Morgan fingerprint density at radius 2 is 1.74 bits per heavy atom. The van der Waals surface area contributed by atoms with Gasteiger partial charge in [-0.25, -0.2) is 0 Å². The summed E-state index contributed by atoms with van der Waals surface area (Å²) in [6.07, 6.45) is 6.73. The van der Waals surface area contributed by atoms with Gasteiger partial charge < -0.3 is 15.1 Å². The molecule has 39 heavy (non-hydrogen) atoms. The number of benzene rings is 3. The molecule has 3 aromatic carbocycles. The molecule has 1 heterocycles. The highest BCUT2D eigenvalue weighted by atomic mass is 35.5. The molecule has 0 saturated heterocycles. The van der Waals surface area contributed by atoms with E-state index in [0.717, 1.165) is 47.7 Å². The minimum Gasteiger partial charge on any atom is -0.352 e. The van der Waals surface area contributed by atoms with Crippen LogP contribution in [0.5, 0.6) is 0 Å². The highest BCUT2D eigenvalue weighted by molar-refractivity contribution is 6.30. The first kappa shape index (κ1) is 27.2. The zero-order chi connectivity index (χ0) is 27.4. The van der Waals surface area contributed by atoms with E-state index < -0.39 is 6.04 Å². The molecule has 1 fully saturated rings. The van der Waals surface area contributed by atoms with Gasteiger partial charge in [-0.05, 0) is 60.9 Å². The lowest BCUT2D eigenvalue weighted by atomic mass is 9.95. The fourth-order valence-corrected chi connectivity index (χ4v) is 6.11. The van der Waals surface area contributed by atoms with E-state index in [1.807, 2.05) is 55.5 Å². The number of hydrogen-bond acceptors (Lipinski definition) is 3. The van der Waals surface area contributed by atoms with Crippen molar-refractivity contribution in [2.24, 2.45) is 0 Å². The zero-order valence-electron chi connectivity index (χ0n) is 22.5. The molecule has 6 nitrogen and oxygen atoms in total. The minimum atomic E-state index is -0.554. The van der Waals surface area contributed by atoms with Crippen molar-refractivity contribution >= 4 is 45.8 Å². The number of hydrogen-bond donors (Lipinski definition) is 1. The number of carbonyl (C=O) groups is 3. The van der Waals surface area contributed by atoms with Crippen LogP contribution in [0.1, 0.15) is 74.2 Å². The average Bonchev–Trinajstić information content (AvgIpc) is 3.22. The molecule has 2 aliphatic rings. The van der Waals surface area contributed by atoms with Crippen LogP contribution in [-0.2, 0) is 16.1 Å². The highest BCUT2D eigenvalue weighted by Crippen LogP contribution is 2.37. The van der Waals surface area contributed by atoms with Crippen LogP contribution in [-0.4, -0.2) is 41.2 Å². The van der Waals surface area contributed by atoms with E-state index in [1.54, 1.807) is 21.9 Å². The predicted molar refractivity (Wildman–Crippen MR) is 156 cm³/mol. The predicted octanol–water partition coefficient (Wildman–Crippen LogP) is 6.49. The molecule has 5 rings (SSSR count). The van der Waals surface area contributed by atoms with E-state index in [9.17, 15) is 14.4 Å². The molecular formula is C32H36ClN3O3. The van der Waals surface area contributed by atoms with E-state index in [1.165, 1.54) is 6.42 Å². The first-order valence-corrected chi connectivity index (χ1v) is 14.5. The van der Waals surface area contributed by atoms with Gasteiger partial charge in [-0.1, -0.05) is 74.2 Å². The summed E-state index contributed by atoms with van der Waals surface area (Å²) in [7, 11) is 0. The molecule has 1 aliphatic heterocycles. The Labute approximate surface area is 235 Å². The van der Waals surface area contributed by atoms with Crippen LogP contribution in [0.25, 0.3) is 10.8 Å². The standard InChI is InChI=1S/C32H36ClN3O3/c1-2-27(31(38)34-25-11-4-3-5-12-25)36(21-22-16-18-24(33)19-17-22)29(37)15-8-20-35-28-14-7-10-23-9-6-13-26(30(23)28)32(35)39/h6-7,9-10,13-14,16-19,25,27H,2-5,8,11-12,15,20-21H2,1H3,(H,34,38). The van der Waals surface area contributed by atoms with Crippen LogP contribution in [0.4, 0.5) is 5.69 Å². The maximum atomic E-state index is 13.7. The number of rotatable bonds is 10. The molecule has 0 bridgehead atoms. The van der Waals surface area contributed by atoms with Crippen molar-refractivity contribution in [1.29, 1.82) is 0 Å². The lowest BCUT2D eigenvalue weighted by Gasteiger charge is -2.33. The molecule has 1 unspecified atom stereocenters. The Kier molecular flexibility index (Phi) is 8.51. The average molecular weight is 546 g/mol. The number of nitrogens with one attached hydrogen (secondary N) is 1. The second kappa shape index (κ2) is 12.2. The quantitative estimate of drug-likeness (QED) is 0.316. The molecule has 204 valence electrons. The second-order valence-corrected chi connectivity index (χ2v) is 11.1. The smallest absolute Gasteiger partial charge is 0.258 e. The number of carbonyl (C=O) groups excluding carboxylic acids is 3. The van der Waals surface area contributed by atoms with Crippen molar-refractivity contribution in [1.82, 2.24) is 10.2 Å². The van der Waals surface area contributed by atoms with Crippen molar-refractivity contribution in [2.45, 2.75) is 76.9 Å². The Hall–Kier alpha value is -3.38. The van der Waals surface area contributed by atoms with Gasteiger partial charge in [0, 0.05) is 41.5 Å². The molecule has 1 aliphatic carbocycles. The number of nitrogens with zero attached hydrogens (tertiary/aromatic N) is 2. The minimum absolute atomic E-state index is 0.0226. The zero-order valence-corrected chi connectivity index (χ0v) is 23.3. The topological polar surface area (TPSA) is 69.7 Å². The van der Waals surface area contributed by atoms with Crippen molar-refractivity contribution in [2.75, 3.05) is 11.4 Å². The van der Waals surface area contributed by atoms with Crippen molar-refractivity contribution in [3.05, 3.63) is 76.8 Å². The third kappa shape index (κ3) is 5.96. The van der Waals surface area contributed by atoms with Crippen LogP contribution in [0.2, 0.25) is 5.02 Å². The Morgan fingerprint density at radius 3 is 2.46 bits per heavy atom. The third-order valence-corrected chi connectivity index (χ3v) is 8.28. The van der Waals surface area contributed by atoms with Crippen LogP contribution < -0.4 is 10.2 Å². The first-order chi connectivity index (χ1) is 19.0. The number of anilines is 1. The Balaban J connectivity index is 1.29. The molecule has 1 saturated carbocycles. The van der Waals surface area contributed by atoms with Crippen LogP contribution in [0.3, 0.4) is 0 Å².